The zero-order valence-corrected chi connectivity index (χ0v) is 17.2. The summed E-state index contributed by atoms with van der Waals surface area (Å²) in [6.45, 7) is 0. The second-order valence-electron chi connectivity index (χ2n) is 1.67. The van der Waals surface area contributed by atoms with E-state index in [9.17, 15) is 0 Å². The van der Waals surface area contributed by atoms with Crippen molar-refractivity contribution in [1.29, 1.82) is 0 Å². The molecule has 1 rings (SSSR count). The smallest absolute Gasteiger partial charge is 0.412 e. The minimum Gasteiger partial charge on any atom is -0.412 e. The van der Waals surface area contributed by atoms with E-state index in [1.54, 1.807) is 0 Å². The minimum atomic E-state index is -0.135. The molecule has 0 aliphatic carbocycles. The van der Waals surface area contributed by atoms with Crippen molar-refractivity contribution in [3.05, 3.63) is 0 Å². The maximum Gasteiger partial charge on any atom is 0.412 e. The van der Waals surface area contributed by atoms with Crippen LogP contribution in [0.5, 0.6) is 0 Å². The van der Waals surface area contributed by atoms with Crippen molar-refractivity contribution in [2.24, 2.45) is 0 Å². The molecule has 0 aromatic rings. The lowest BCUT2D eigenvalue weighted by Crippen LogP contribution is -2.23. The molecule has 9 nitrogen and oxygen atoms in total. The largest absolute Gasteiger partial charge is 0.412 e. The lowest BCUT2D eigenvalue weighted by Gasteiger charge is -2.04. The highest BCUT2D eigenvalue weighted by molar-refractivity contribution is 6.51. The van der Waals surface area contributed by atoms with Gasteiger partial charge in [-0.15, -0.1) is 0 Å². The van der Waals surface area contributed by atoms with Gasteiger partial charge in [0.05, 0.1) is 0 Å². The predicted molar refractivity (Wildman–Crippen MR) is 61.6 cm³/mol. The van der Waals surface area contributed by atoms with Crippen LogP contribution in [0, 0.1) is 0 Å². The molecule has 1 aliphatic heterocycles. The second kappa shape index (κ2) is 15.0. The number of hydrogen-bond donors (Lipinski definition) is 0. The molecule has 1 heterocycles. The van der Waals surface area contributed by atoms with Gasteiger partial charge in [-0.25, -0.2) is 0 Å². The fourth-order valence-electron chi connectivity index (χ4n) is 0.341. The summed E-state index contributed by atoms with van der Waals surface area (Å²) >= 11 is 0. The van der Waals surface area contributed by atoms with Crippen LogP contribution in [0.4, 0.5) is 0 Å². The van der Waals surface area contributed by atoms with Crippen molar-refractivity contribution in [2.75, 3.05) is 0 Å². The molecule has 0 aromatic heterocycles. The summed E-state index contributed by atoms with van der Waals surface area (Å²) in [4.78, 5) is 0. The lowest BCUT2D eigenvalue weighted by molar-refractivity contribution is 0.349. The van der Waals surface area contributed by atoms with Gasteiger partial charge in [-0.3, -0.25) is 0 Å². The SMILES string of the molecule is O1[Si]O[Si]O[Si]O[Si]O[Si]O[Si]O[Si]O[Si]O[Si]1. The standard InChI is InChI=1S/O9Si9/c1-10-2-12-4-14-6-16-8-18-9-17-7-15-5-13-3-11-1. The van der Waals surface area contributed by atoms with E-state index in [2.05, 4.69) is 0 Å². The number of rotatable bonds is 0. The summed E-state index contributed by atoms with van der Waals surface area (Å²) in [5, 5.41) is 0. The monoisotopic (exact) mass is 396 g/mol. The maximum atomic E-state index is 5.02. The van der Waals surface area contributed by atoms with E-state index in [4.69, 9.17) is 37.0 Å². The first kappa shape index (κ1) is 17.6. The molecule has 0 bridgehead atoms. The molecule has 1 saturated heterocycles. The van der Waals surface area contributed by atoms with Crippen LogP contribution in [-0.4, -0.2) is 90.1 Å². The molecule has 0 aromatic carbocycles. The molecule has 0 amide bonds. The van der Waals surface area contributed by atoms with Crippen molar-refractivity contribution in [3.8, 4) is 0 Å². The van der Waals surface area contributed by atoms with Gasteiger partial charge in [0.1, 0.15) is 0 Å². The van der Waals surface area contributed by atoms with E-state index in [0.29, 0.717) is 0 Å². The highest BCUT2D eigenvalue weighted by Gasteiger charge is 2.06. The van der Waals surface area contributed by atoms with E-state index in [1.807, 2.05) is 0 Å². The zero-order valence-electron chi connectivity index (χ0n) is 8.17. The van der Waals surface area contributed by atoms with Gasteiger partial charge in [0.15, 0.2) is 0 Å². The van der Waals surface area contributed by atoms with Gasteiger partial charge in [0, 0.05) is 0 Å². The highest BCUT2D eigenvalue weighted by Crippen LogP contribution is 1.80. The molecule has 18 heavy (non-hydrogen) atoms. The van der Waals surface area contributed by atoms with E-state index < -0.39 is 0 Å². The van der Waals surface area contributed by atoms with Crippen molar-refractivity contribution in [3.63, 3.8) is 0 Å². The van der Waals surface area contributed by atoms with Gasteiger partial charge in [0.2, 0.25) is 0 Å². The zero-order chi connectivity index (χ0) is 12.7. The minimum absolute atomic E-state index is 0.135. The Morgan fingerprint density at radius 1 is 0.222 bits per heavy atom. The second-order valence-corrected chi connectivity index (χ2v) is 10.5. The third-order valence-corrected chi connectivity index (χ3v) is 6.75. The predicted octanol–water partition coefficient (Wildman–Crippen LogP) is -4.04. The van der Waals surface area contributed by atoms with E-state index in [0.717, 1.165) is 0 Å². The van der Waals surface area contributed by atoms with Gasteiger partial charge < -0.3 is 37.0 Å². The first-order chi connectivity index (χ1) is 9.00. The van der Waals surface area contributed by atoms with Crippen LogP contribution in [0.3, 0.4) is 0 Å². The Labute approximate surface area is 127 Å². The average Bonchev–Trinajstić information content (AvgIpc) is 2.39. The Balaban J connectivity index is 2.00. The van der Waals surface area contributed by atoms with Crippen LogP contribution in [-0.2, 0) is 37.0 Å². The van der Waals surface area contributed by atoms with Crippen LogP contribution in [0.15, 0.2) is 0 Å². The first-order valence-electron chi connectivity index (χ1n) is 3.67. The van der Waals surface area contributed by atoms with Gasteiger partial charge in [-0.05, 0) is 0 Å². The molecule has 0 unspecified atom stereocenters. The van der Waals surface area contributed by atoms with Crippen LogP contribution in [0.2, 0.25) is 0 Å². The summed E-state index contributed by atoms with van der Waals surface area (Å²) in [5.41, 5.74) is 0. The van der Waals surface area contributed by atoms with Crippen LogP contribution in [0.25, 0.3) is 0 Å². The summed E-state index contributed by atoms with van der Waals surface area (Å²) in [6, 6.07) is 0. The van der Waals surface area contributed by atoms with Crippen molar-refractivity contribution in [2.45, 2.75) is 0 Å². The summed E-state index contributed by atoms with van der Waals surface area (Å²) in [6.07, 6.45) is 0. The van der Waals surface area contributed by atoms with Gasteiger partial charge >= 0.3 is 90.1 Å². The summed E-state index contributed by atoms with van der Waals surface area (Å²) < 4.78 is 45.2. The molecule has 0 saturated carbocycles. The van der Waals surface area contributed by atoms with Crippen LogP contribution >= 0.6 is 0 Å². The molecule has 0 atom stereocenters. The Kier molecular flexibility index (Phi) is 14.7. The third kappa shape index (κ3) is 12.6. The van der Waals surface area contributed by atoms with Crippen LogP contribution < -0.4 is 0 Å². The van der Waals surface area contributed by atoms with E-state index in [-0.39, 0.29) is 90.1 Å². The fraction of sp³-hybridized carbons (Fsp3) is 0. The molecule has 0 N–H and O–H groups in total. The molecule has 90 valence electrons. The van der Waals surface area contributed by atoms with Crippen molar-refractivity contribution < 1.29 is 37.0 Å². The quantitative estimate of drug-likeness (QED) is 0.380. The van der Waals surface area contributed by atoms with Gasteiger partial charge in [-0.1, -0.05) is 0 Å². The average molecular weight is 397 g/mol. The molecule has 18 radical (unpaired) electrons. The topological polar surface area (TPSA) is 83.1 Å². The first-order valence-corrected chi connectivity index (χ1v) is 11.0. The molecule has 0 spiro atoms. The Morgan fingerprint density at radius 3 is 0.444 bits per heavy atom. The maximum absolute atomic E-state index is 5.02. The van der Waals surface area contributed by atoms with E-state index in [1.165, 1.54) is 0 Å². The fourth-order valence-corrected chi connectivity index (χ4v) is 6.44. The normalized spacial score (nSPS) is 24.0. The Hall–Kier alpha value is 1.59. The highest BCUT2D eigenvalue weighted by atomic mass is 28.4. The molecule has 1 aliphatic rings. The van der Waals surface area contributed by atoms with Gasteiger partial charge in [-0.2, -0.15) is 0 Å². The Bertz CT molecular complexity index is 93.1. The molecular formula is O9Si9. The van der Waals surface area contributed by atoms with Crippen LogP contribution in [0.1, 0.15) is 0 Å². The van der Waals surface area contributed by atoms with Crippen molar-refractivity contribution in [1.82, 2.24) is 0 Å². The lowest BCUT2D eigenvalue weighted by atomic mass is 15.7. The van der Waals surface area contributed by atoms with Gasteiger partial charge in [0.25, 0.3) is 0 Å². The van der Waals surface area contributed by atoms with E-state index >= 15 is 0 Å². The van der Waals surface area contributed by atoms with Crippen molar-refractivity contribution >= 4 is 90.1 Å². The third-order valence-electron chi connectivity index (χ3n) is 0.750. The summed E-state index contributed by atoms with van der Waals surface area (Å²) in [5.74, 6) is 0. The molecule has 1 fully saturated rings. The number of hydrogen-bond acceptors (Lipinski definition) is 9. The molecule has 18 heteroatoms. The summed E-state index contributed by atoms with van der Waals surface area (Å²) in [7, 11) is -1.21. The Morgan fingerprint density at radius 2 is 0.333 bits per heavy atom. The molecular weight excluding hydrogens is 397 g/mol.